The van der Waals surface area contributed by atoms with Crippen LogP contribution in [0.2, 0.25) is 0 Å². The molecular formula is C20H33ClN2O3. The molecule has 0 heterocycles. The van der Waals surface area contributed by atoms with Crippen molar-refractivity contribution in [3.63, 3.8) is 0 Å². The number of benzene rings is 1. The zero-order valence-electron chi connectivity index (χ0n) is 16.6. The molecular weight excluding hydrogens is 352 g/mol. The molecule has 0 spiro atoms. The summed E-state index contributed by atoms with van der Waals surface area (Å²) in [6, 6.07) is 8.40. The van der Waals surface area contributed by atoms with Gasteiger partial charge in [-0.05, 0) is 31.2 Å². The van der Waals surface area contributed by atoms with Crippen LogP contribution in [-0.4, -0.2) is 24.5 Å². The Morgan fingerprint density at radius 1 is 1.08 bits per heavy atom. The Hall–Kier alpha value is -1.59. The Morgan fingerprint density at radius 3 is 2.00 bits per heavy atom. The van der Waals surface area contributed by atoms with E-state index >= 15 is 0 Å². The molecule has 3 N–H and O–H groups in total. The first kappa shape index (κ1) is 24.4. The maximum absolute atomic E-state index is 12.7. The molecule has 1 rings (SSSR count). The monoisotopic (exact) mass is 384 g/mol. The summed E-state index contributed by atoms with van der Waals surface area (Å²) in [4.78, 5) is 24.8. The molecule has 5 nitrogen and oxygen atoms in total. The summed E-state index contributed by atoms with van der Waals surface area (Å²) in [5, 5.41) is 2.86. The molecule has 0 saturated carbocycles. The number of amides is 1. The number of esters is 1. The summed E-state index contributed by atoms with van der Waals surface area (Å²) in [5.74, 6) is -0.225. The topological polar surface area (TPSA) is 81.4 Å². The third kappa shape index (κ3) is 5.99. The van der Waals surface area contributed by atoms with E-state index in [1.54, 1.807) is 6.92 Å². The van der Waals surface area contributed by atoms with Crippen molar-refractivity contribution >= 4 is 24.3 Å². The molecule has 0 aromatic heterocycles. The Morgan fingerprint density at radius 2 is 1.58 bits per heavy atom. The summed E-state index contributed by atoms with van der Waals surface area (Å²) in [6.07, 6.45) is 0. The van der Waals surface area contributed by atoms with Gasteiger partial charge in [-0.25, -0.2) is 0 Å². The fraction of sp³-hybridized carbons (Fsp3) is 0.600. The predicted octanol–water partition coefficient (Wildman–Crippen LogP) is 3.47. The van der Waals surface area contributed by atoms with Gasteiger partial charge in [0.25, 0.3) is 0 Å². The molecule has 0 saturated heterocycles. The number of nitrogens with one attached hydrogen (secondary N) is 1. The van der Waals surface area contributed by atoms with Crippen LogP contribution in [-0.2, 0) is 14.3 Å². The highest BCUT2D eigenvalue weighted by Crippen LogP contribution is 2.36. The number of carbonyl (C=O) groups excluding carboxylic acids is 2. The van der Waals surface area contributed by atoms with Crippen molar-refractivity contribution in [2.75, 3.05) is 6.61 Å². The Labute approximate surface area is 163 Å². The molecule has 26 heavy (non-hydrogen) atoms. The summed E-state index contributed by atoms with van der Waals surface area (Å²) < 4.78 is 5.63. The molecule has 0 aliphatic carbocycles. The highest BCUT2D eigenvalue weighted by molar-refractivity contribution is 5.85. The second-order valence-electron chi connectivity index (χ2n) is 7.45. The van der Waals surface area contributed by atoms with Crippen LogP contribution in [0.25, 0.3) is 0 Å². The van der Waals surface area contributed by atoms with Gasteiger partial charge in [-0.1, -0.05) is 58.0 Å². The first-order chi connectivity index (χ1) is 11.6. The van der Waals surface area contributed by atoms with Gasteiger partial charge in [0, 0.05) is 0 Å². The van der Waals surface area contributed by atoms with Crippen LogP contribution in [0.3, 0.4) is 0 Å². The lowest BCUT2D eigenvalue weighted by molar-refractivity contribution is -0.162. The van der Waals surface area contributed by atoms with E-state index in [1.807, 2.05) is 65.0 Å². The van der Waals surface area contributed by atoms with Gasteiger partial charge < -0.3 is 15.8 Å². The van der Waals surface area contributed by atoms with Gasteiger partial charge in [0.15, 0.2) is 0 Å². The predicted molar refractivity (Wildman–Crippen MR) is 107 cm³/mol. The fourth-order valence-corrected chi connectivity index (χ4v) is 2.66. The number of nitrogens with two attached hydrogens (primary N) is 1. The van der Waals surface area contributed by atoms with Crippen molar-refractivity contribution in [1.82, 2.24) is 5.32 Å². The van der Waals surface area contributed by atoms with E-state index in [-0.39, 0.29) is 42.7 Å². The standard InChI is InChI=1S/C20H32N2O3.ClH/c1-13(2)20(6,14(3)4)19(24)25-12-17(22-18(23)15(5)21)16-10-8-7-9-11-16;/h7-11,13-15,17H,12,21H2,1-6H3,(H,22,23);1H/t15-,17-;/m1./s1. The summed E-state index contributed by atoms with van der Waals surface area (Å²) in [7, 11) is 0. The summed E-state index contributed by atoms with van der Waals surface area (Å²) in [5.41, 5.74) is 5.95. The van der Waals surface area contributed by atoms with Crippen LogP contribution in [0.5, 0.6) is 0 Å². The number of hydrogen-bond donors (Lipinski definition) is 2. The molecule has 6 heteroatoms. The molecule has 148 valence electrons. The zero-order chi connectivity index (χ0) is 19.2. The van der Waals surface area contributed by atoms with Crippen LogP contribution < -0.4 is 11.1 Å². The molecule has 1 amide bonds. The average Bonchev–Trinajstić information content (AvgIpc) is 2.57. The van der Waals surface area contributed by atoms with Crippen LogP contribution in [0.15, 0.2) is 30.3 Å². The lowest BCUT2D eigenvalue weighted by atomic mass is 9.70. The Kier molecular flexibility index (Phi) is 9.89. The van der Waals surface area contributed by atoms with E-state index in [0.29, 0.717) is 0 Å². The van der Waals surface area contributed by atoms with E-state index in [2.05, 4.69) is 5.32 Å². The second-order valence-corrected chi connectivity index (χ2v) is 7.45. The maximum Gasteiger partial charge on any atom is 0.312 e. The van der Waals surface area contributed by atoms with Gasteiger partial charge in [-0.3, -0.25) is 9.59 Å². The number of hydrogen-bond acceptors (Lipinski definition) is 4. The van der Waals surface area contributed by atoms with Crippen molar-refractivity contribution < 1.29 is 14.3 Å². The summed E-state index contributed by atoms with van der Waals surface area (Å²) in [6.45, 7) is 11.7. The molecule has 0 aliphatic rings. The van der Waals surface area contributed by atoms with E-state index in [4.69, 9.17) is 10.5 Å². The van der Waals surface area contributed by atoms with E-state index < -0.39 is 17.5 Å². The number of halogens is 1. The van der Waals surface area contributed by atoms with Crippen LogP contribution in [0.4, 0.5) is 0 Å². The second kappa shape index (κ2) is 10.5. The lowest BCUT2D eigenvalue weighted by Gasteiger charge is -2.35. The summed E-state index contributed by atoms with van der Waals surface area (Å²) >= 11 is 0. The first-order valence-corrected chi connectivity index (χ1v) is 8.88. The molecule has 0 radical (unpaired) electrons. The quantitative estimate of drug-likeness (QED) is 0.672. The van der Waals surface area contributed by atoms with Crippen LogP contribution in [0, 0.1) is 17.3 Å². The third-order valence-electron chi connectivity index (χ3n) is 5.15. The van der Waals surface area contributed by atoms with Gasteiger partial charge >= 0.3 is 5.97 Å². The van der Waals surface area contributed by atoms with E-state index in [0.717, 1.165) is 5.56 Å². The normalized spacial score (nSPS) is 13.7. The minimum Gasteiger partial charge on any atom is -0.463 e. The minimum atomic E-state index is -0.626. The number of carbonyl (C=O) groups is 2. The Bertz CT molecular complexity index is 566. The van der Waals surface area contributed by atoms with Gasteiger partial charge in [0.1, 0.15) is 6.61 Å². The van der Waals surface area contributed by atoms with E-state index in [9.17, 15) is 9.59 Å². The molecule has 2 atom stereocenters. The van der Waals surface area contributed by atoms with Crippen molar-refractivity contribution in [3.8, 4) is 0 Å². The van der Waals surface area contributed by atoms with Gasteiger partial charge in [0.05, 0.1) is 17.5 Å². The fourth-order valence-electron chi connectivity index (χ4n) is 2.66. The SMILES string of the molecule is CC(C)C(C)(C(=O)OC[C@@H](NC(=O)[C@@H](C)N)c1ccccc1)C(C)C.Cl. The van der Waals surface area contributed by atoms with Crippen molar-refractivity contribution in [2.24, 2.45) is 23.0 Å². The maximum atomic E-state index is 12.7. The minimum absolute atomic E-state index is 0. The molecule has 1 aromatic carbocycles. The zero-order valence-corrected chi connectivity index (χ0v) is 17.4. The molecule has 0 fully saturated rings. The van der Waals surface area contributed by atoms with Gasteiger partial charge in [0.2, 0.25) is 5.91 Å². The molecule has 0 unspecified atom stereocenters. The highest BCUT2D eigenvalue weighted by atomic mass is 35.5. The van der Waals surface area contributed by atoms with Crippen LogP contribution in [0.1, 0.15) is 53.1 Å². The molecule has 1 aromatic rings. The van der Waals surface area contributed by atoms with Crippen molar-refractivity contribution in [3.05, 3.63) is 35.9 Å². The number of rotatable bonds is 8. The largest absolute Gasteiger partial charge is 0.463 e. The van der Waals surface area contributed by atoms with E-state index in [1.165, 1.54) is 0 Å². The average molecular weight is 385 g/mol. The van der Waals surface area contributed by atoms with Gasteiger partial charge in [-0.15, -0.1) is 12.4 Å². The number of ether oxygens (including phenoxy) is 1. The lowest BCUT2D eigenvalue weighted by Crippen LogP contribution is -2.44. The Balaban J connectivity index is 0.00000625. The highest BCUT2D eigenvalue weighted by Gasteiger charge is 2.41. The van der Waals surface area contributed by atoms with Crippen molar-refractivity contribution in [1.29, 1.82) is 0 Å². The first-order valence-electron chi connectivity index (χ1n) is 8.88. The smallest absolute Gasteiger partial charge is 0.312 e. The van der Waals surface area contributed by atoms with Gasteiger partial charge in [-0.2, -0.15) is 0 Å². The van der Waals surface area contributed by atoms with Crippen molar-refractivity contribution in [2.45, 2.75) is 53.6 Å². The molecule has 0 bridgehead atoms. The molecule has 0 aliphatic heterocycles. The van der Waals surface area contributed by atoms with Crippen LogP contribution >= 0.6 is 12.4 Å². The third-order valence-corrected chi connectivity index (χ3v) is 5.15.